The van der Waals surface area contributed by atoms with Crippen LogP contribution in [0.2, 0.25) is 0 Å². The number of carbonyl (C=O) groups excluding carboxylic acids is 3. The first-order chi connectivity index (χ1) is 28.5. The van der Waals surface area contributed by atoms with Crippen molar-refractivity contribution in [1.29, 1.82) is 0 Å². The summed E-state index contributed by atoms with van der Waals surface area (Å²) < 4.78 is 19.2. The summed E-state index contributed by atoms with van der Waals surface area (Å²) in [4.78, 5) is 57.1. The molecule has 19 nitrogen and oxygen atoms in total. The number of nitrogens with zero attached hydrogens (tertiary/aromatic N) is 10. The van der Waals surface area contributed by atoms with Gasteiger partial charge in [-0.2, -0.15) is 10.2 Å². The van der Waals surface area contributed by atoms with Gasteiger partial charge in [-0.3, -0.25) is 33.6 Å². The third-order valence-electron chi connectivity index (χ3n) is 9.63. The van der Waals surface area contributed by atoms with E-state index in [4.69, 9.17) is 30.9 Å². The van der Waals surface area contributed by atoms with E-state index in [0.717, 1.165) is 11.4 Å². The molecule has 0 saturated heterocycles. The van der Waals surface area contributed by atoms with Gasteiger partial charge in [0.1, 0.15) is 34.9 Å². The minimum Gasteiger partial charge on any atom is -0.489 e. The summed E-state index contributed by atoms with van der Waals surface area (Å²) in [6.07, 6.45) is 6.97. The molecule has 0 aliphatic heterocycles. The number of aromatic nitrogens is 10. The van der Waals surface area contributed by atoms with Crippen LogP contribution in [0.4, 0.5) is 5.95 Å². The average Bonchev–Trinajstić information content (AvgIpc) is 3.98. The number of amides is 3. The summed E-state index contributed by atoms with van der Waals surface area (Å²) in [6.45, 7) is 11.0. The number of nitrogens with one attached hydrogen (secondary N) is 2. The minimum absolute atomic E-state index is 0.183. The SMILES string of the molecule is CCn1nc(C)cc1C(=O)Nc1nc2cc(C(N)=O)cnc2n1C/C=C/Cn1c2nc(-c3cc(C)nn3CC)ncc2c2cc(C(N)=O)cc(OCCOCCNC)c21. The van der Waals surface area contributed by atoms with Gasteiger partial charge in [0.2, 0.25) is 17.8 Å². The molecule has 6 heterocycles. The zero-order valence-electron chi connectivity index (χ0n) is 33.5. The molecular formula is C40H46N14O5. The monoisotopic (exact) mass is 802 g/mol. The van der Waals surface area contributed by atoms with Crippen LogP contribution in [-0.4, -0.2) is 99.8 Å². The number of hydrogen-bond donors (Lipinski definition) is 4. The number of pyridine rings is 1. The van der Waals surface area contributed by atoms with Crippen molar-refractivity contribution in [2.45, 2.75) is 53.9 Å². The van der Waals surface area contributed by atoms with Gasteiger partial charge in [0.15, 0.2) is 11.5 Å². The Labute approximate surface area is 338 Å². The Morgan fingerprint density at radius 3 is 2.24 bits per heavy atom. The predicted molar refractivity (Wildman–Crippen MR) is 221 cm³/mol. The highest BCUT2D eigenvalue weighted by atomic mass is 16.5. The second-order valence-electron chi connectivity index (χ2n) is 13.7. The molecule has 6 aromatic heterocycles. The van der Waals surface area contributed by atoms with E-state index in [1.54, 1.807) is 33.6 Å². The number of primary amides is 2. The van der Waals surface area contributed by atoms with Crippen LogP contribution in [0.5, 0.6) is 5.75 Å². The molecule has 0 bridgehead atoms. The fraction of sp³-hybridized carbons (Fsp3) is 0.325. The first-order valence-electron chi connectivity index (χ1n) is 19.2. The molecular weight excluding hydrogens is 757 g/mol. The van der Waals surface area contributed by atoms with E-state index in [1.807, 2.05) is 62.2 Å². The topological polar surface area (TPSA) is 243 Å². The van der Waals surface area contributed by atoms with Crippen molar-refractivity contribution in [2.75, 3.05) is 38.7 Å². The van der Waals surface area contributed by atoms with Crippen LogP contribution in [0.25, 0.3) is 44.6 Å². The summed E-state index contributed by atoms with van der Waals surface area (Å²) in [7, 11) is 1.85. The average molecular weight is 803 g/mol. The Balaban J connectivity index is 1.29. The second kappa shape index (κ2) is 17.2. The lowest BCUT2D eigenvalue weighted by Crippen LogP contribution is -2.20. The molecule has 0 aliphatic rings. The zero-order valence-corrected chi connectivity index (χ0v) is 33.5. The van der Waals surface area contributed by atoms with Crippen molar-refractivity contribution in [3.05, 3.63) is 83.1 Å². The summed E-state index contributed by atoms with van der Waals surface area (Å²) in [5, 5.41) is 16.3. The molecule has 0 unspecified atom stereocenters. The highest BCUT2D eigenvalue weighted by Gasteiger charge is 2.22. The van der Waals surface area contributed by atoms with Gasteiger partial charge >= 0.3 is 0 Å². The van der Waals surface area contributed by atoms with E-state index >= 15 is 0 Å². The molecule has 0 saturated carbocycles. The number of aryl methyl sites for hydroxylation is 4. The molecule has 306 valence electrons. The highest BCUT2D eigenvalue weighted by Crippen LogP contribution is 2.36. The Morgan fingerprint density at radius 2 is 1.51 bits per heavy atom. The smallest absolute Gasteiger partial charge is 0.276 e. The van der Waals surface area contributed by atoms with Gasteiger partial charge in [-0.05, 0) is 65.1 Å². The molecule has 7 rings (SSSR count). The van der Waals surface area contributed by atoms with Gasteiger partial charge in [0.25, 0.3) is 5.91 Å². The summed E-state index contributed by atoms with van der Waals surface area (Å²) in [5.74, 6) is -0.536. The number of anilines is 1. The fourth-order valence-corrected chi connectivity index (χ4v) is 6.88. The fourth-order valence-electron chi connectivity index (χ4n) is 6.88. The maximum Gasteiger partial charge on any atom is 0.276 e. The lowest BCUT2D eigenvalue weighted by molar-refractivity contribution is 0.0989. The number of likely N-dealkylation sites (N-methyl/N-ethyl adjacent to an activating group) is 1. The van der Waals surface area contributed by atoms with Gasteiger partial charge in [0.05, 0.1) is 35.7 Å². The van der Waals surface area contributed by atoms with Crippen LogP contribution in [0.3, 0.4) is 0 Å². The van der Waals surface area contributed by atoms with Crippen LogP contribution in [0.1, 0.15) is 56.4 Å². The van der Waals surface area contributed by atoms with E-state index in [1.165, 1.54) is 12.3 Å². The van der Waals surface area contributed by atoms with Crippen molar-refractivity contribution in [2.24, 2.45) is 11.5 Å². The lowest BCUT2D eigenvalue weighted by atomic mass is 10.1. The number of rotatable bonds is 18. The standard InChI is InChI=1S/C40H46N14O5/c1-6-53-30(16-23(3)49-53)36-44-22-28-27-18-25(34(41)55)20-32(59-15-14-58-13-10-43-5)33(27)51(37(28)47-36)11-8-9-12-52-38-29(19-26(21-45-38)35(42)56)46-40(52)48-39(57)31-17-24(4)50-54(31)7-2/h8-9,16-22,43H,6-7,10-15H2,1-5H3,(H2,41,55)(H2,42,56)(H,46,48,57)/b9-8+. The predicted octanol–water partition coefficient (Wildman–Crippen LogP) is 3.37. The van der Waals surface area contributed by atoms with Crippen LogP contribution in [-0.2, 0) is 30.9 Å². The van der Waals surface area contributed by atoms with Gasteiger partial charge in [-0.25, -0.2) is 19.9 Å². The molecule has 6 N–H and O–H groups in total. The quantitative estimate of drug-likeness (QED) is 0.0721. The molecule has 7 aromatic rings. The number of nitrogens with two attached hydrogens (primary N) is 2. The molecule has 0 spiro atoms. The van der Waals surface area contributed by atoms with E-state index in [9.17, 15) is 14.4 Å². The van der Waals surface area contributed by atoms with E-state index in [-0.39, 0.29) is 30.2 Å². The highest BCUT2D eigenvalue weighted by molar-refractivity contribution is 6.12. The van der Waals surface area contributed by atoms with Crippen molar-refractivity contribution < 1.29 is 23.9 Å². The maximum atomic E-state index is 13.5. The van der Waals surface area contributed by atoms with Crippen LogP contribution in [0, 0.1) is 13.8 Å². The zero-order chi connectivity index (χ0) is 41.8. The first-order valence-corrected chi connectivity index (χ1v) is 19.2. The van der Waals surface area contributed by atoms with Crippen molar-refractivity contribution in [3.8, 4) is 17.3 Å². The Bertz CT molecular complexity index is 2740. The molecule has 0 radical (unpaired) electrons. The molecule has 19 heteroatoms. The van der Waals surface area contributed by atoms with Crippen molar-refractivity contribution >= 4 is 56.8 Å². The number of imidazole rings is 1. The number of allylic oxidation sites excluding steroid dienone is 2. The maximum absolute atomic E-state index is 13.5. The largest absolute Gasteiger partial charge is 0.489 e. The van der Waals surface area contributed by atoms with E-state index in [2.05, 4.69) is 30.8 Å². The molecule has 59 heavy (non-hydrogen) atoms. The van der Waals surface area contributed by atoms with Gasteiger partial charge in [-0.15, -0.1) is 0 Å². The summed E-state index contributed by atoms with van der Waals surface area (Å²) in [5.41, 5.74) is 16.6. The first kappa shape index (κ1) is 40.2. The third-order valence-corrected chi connectivity index (χ3v) is 9.63. The number of carbonyl (C=O) groups is 3. The van der Waals surface area contributed by atoms with Crippen LogP contribution < -0.4 is 26.8 Å². The second-order valence-corrected chi connectivity index (χ2v) is 13.7. The Morgan fingerprint density at radius 1 is 0.780 bits per heavy atom. The molecule has 0 atom stereocenters. The summed E-state index contributed by atoms with van der Waals surface area (Å²) in [6, 6.07) is 8.54. The van der Waals surface area contributed by atoms with E-state index in [0.29, 0.717) is 95.5 Å². The third kappa shape index (κ3) is 8.23. The molecule has 0 fully saturated rings. The number of benzene rings is 1. The molecule has 3 amide bonds. The molecule has 0 aliphatic carbocycles. The van der Waals surface area contributed by atoms with Gasteiger partial charge in [-0.1, -0.05) is 12.2 Å². The van der Waals surface area contributed by atoms with Gasteiger partial charge < -0.3 is 30.8 Å². The lowest BCUT2D eigenvalue weighted by Gasteiger charge is -2.13. The Kier molecular flexibility index (Phi) is 11.8. The number of fused-ring (bicyclic) bond motifs is 4. The minimum atomic E-state index is -0.651. The van der Waals surface area contributed by atoms with Crippen LogP contribution >= 0.6 is 0 Å². The Hall–Kier alpha value is -6.99. The number of hydrogen-bond acceptors (Lipinski definition) is 12. The van der Waals surface area contributed by atoms with Crippen molar-refractivity contribution in [3.63, 3.8) is 0 Å². The van der Waals surface area contributed by atoms with Crippen molar-refractivity contribution in [1.82, 2.24) is 53.9 Å². The normalized spacial score (nSPS) is 11.7. The van der Waals surface area contributed by atoms with Gasteiger partial charge in [0, 0.05) is 61.5 Å². The molecule has 1 aromatic carbocycles. The van der Waals surface area contributed by atoms with E-state index < -0.39 is 17.7 Å². The van der Waals surface area contributed by atoms with Crippen LogP contribution in [0.15, 0.2) is 54.9 Å². The number of ether oxygens (including phenoxy) is 2. The summed E-state index contributed by atoms with van der Waals surface area (Å²) >= 11 is 0.